The van der Waals surface area contributed by atoms with E-state index in [2.05, 4.69) is 0 Å². The van der Waals surface area contributed by atoms with Gasteiger partial charge in [0.2, 0.25) is 11.8 Å². The summed E-state index contributed by atoms with van der Waals surface area (Å²) in [4.78, 5) is 26.0. The minimum Gasteiger partial charge on any atom is -0.285 e. The fourth-order valence-corrected chi connectivity index (χ4v) is 3.20. The van der Waals surface area contributed by atoms with Crippen LogP contribution in [0.1, 0.15) is 18.4 Å². The molecule has 2 unspecified atom stereocenters. The number of hydrogen-bond acceptors (Lipinski definition) is 2. The van der Waals surface area contributed by atoms with Gasteiger partial charge in [-0.15, -0.1) is 0 Å². The Labute approximate surface area is 106 Å². The van der Waals surface area contributed by atoms with Gasteiger partial charge in [-0.25, -0.2) is 0 Å². The summed E-state index contributed by atoms with van der Waals surface area (Å²) in [7, 11) is 1.59. The summed E-state index contributed by atoms with van der Waals surface area (Å²) in [6.45, 7) is 0. The number of hydrogen-bond donors (Lipinski definition) is 0. The number of benzene rings is 1. The SMILES string of the molecule is CN1C(=O)C2CC=CCC2(c2ccccc2)C1=O. The Hall–Kier alpha value is -1.90. The second-order valence-electron chi connectivity index (χ2n) is 5.00. The summed E-state index contributed by atoms with van der Waals surface area (Å²) >= 11 is 0. The average Bonchev–Trinajstić information content (AvgIpc) is 2.63. The molecule has 2 atom stereocenters. The van der Waals surface area contributed by atoms with Crippen molar-refractivity contribution in [3.8, 4) is 0 Å². The van der Waals surface area contributed by atoms with Crippen molar-refractivity contribution in [2.45, 2.75) is 18.3 Å². The number of rotatable bonds is 1. The third-order valence-corrected chi connectivity index (χ3v) is 4.18. The highest BCUT2D eigenvalue weighted by atomic mass is 16.2. The molecule has 1 aromatic rings. The Bertz CT molecular complexity index is 535. The highest BCUT2D eigenvalue weighted by Gasteiger charge is 2.58. The first-order valence-corrected chi connectivity index (χ1v) is 6.20. The molecule has 1 aliphatic carbocycles. The van der Waals surface area contributed by atoms with Gasteiger partial charge >= 0.3 is 0 Å². The second kappa shape index (κ2) is 3.80. The van der Waals surface area contributed by atoms with Crippen LogP contribution >= 0.6 is 0 Å². The number of amides is 2. The van der Waals surface area contributed by atoms with Crippen LogP contribution in [0, 0.1) is 5.92 Å². The van der Waals surface area contributed by atoms with Crippen LogP contribution in [-0.4, -0.2) is 23.8 Å². The van der Waals surface area contributed by atoms with Crippen molar-refractivity contribution < 1.29 is 9.59 Å². The minimum absolute atomic E-state index is 0.0480. The topological polar surface area (TPSA) is 37.4 Å². The Morgan fingerprint density at radius 2 is 1.89 bits per heavy atom. The number of likely N-dealkylation sites (N-methyl/N-ethyl adjacent to an activating group) is 1. The van der Waals surface area contributed by atoms with Gasteiger partial charge in [-0.05, 0) is 18.4 Å². The largest absolute Gasteiger partial charge is 0.285 e. The second-order valence-corrected chi connectivity index (χ2v) is 5.00. The Morgan fingerprint density at radius 3 is 2.61 bits per heavy atom. The number of carbonyl (C=O) groups is 2. The maximum Gasteiger partial charge on any atom is 0.240 e. The normalized spacial score (nSPS) is 30.7. The molecule has 0 spiro atoms. The molecular weight excluding hydrogens is 226 g/mol. The Kier molecular flexibility index (Phi) is 2.37. The predicted octanol–water partition coefficient (Wildman–Crippen LogP) is 1.89. The van der Waals surface area contributed by atoms with E-state index in [0.717, 1.165) is 5.56 Å². The first-order chi connectivity index (χ1) is 8.68. The monoisotopic (exact) mass is 241 g/mol. The van der Waals surface area contributed by atoms with Crippen LogP contribution in [0.4, 0.5) is 0 Å². The molecule has 18 heavy (non-hydrogen) atoms. The summed E-state index contributed by atoms with van der Waals surface area (Å²) in [6, 6.07) is 9.69. The van der Waals surface area contributed by atoms with Crippen molar-refractivity contribution in [1.82, 2.24) is 4.90 Å². The molecule has 2 aliphatic rings. The average molecular weight is 241 g/mol. The molecule has 1 heterocycles. The highest BCUT2D eigenvalue weighted by molar-refractivity contribution is 6.10. The summed E-state index contributed by atoms with van der Waals surface area (Å²) in [5, 5.41) is 0. The van der Waals surface area contributed by atoms with Gasteiger partial charge in [0.25, 0.3) is 0 Å². The molecule has 0 saturated carbocycles. The van der Waals surface area contributed by atoms with Crippen LogP contribution in [0.5, 0.6) is 0 Å². The third kappa shape index (κ3) is 1.24. The lowest BCUT2D eigenvalue weighted by Gasteiger charge is -2.33. The Balaban J connectivity index is 2.20. The van der Waals surface area contributed by atoms with Crippen molar-refractivity contribution in [3.05, 3.63) is 48.0 Å². The number of imide groups is 1. The van der Waals surface area contributed by atoms with E-state index in [1.54, 1.807) is 7.05 Å². The lowest BCUT2D eigenvalue weighted by atomic mass is 9.66. The molecular formula is C15H15NO2. The molecule has 0 aromatic heterocycles. The van der Waals surface area contributed by atoms with E-state index >= 15 is 0 Å². The van der Waals surface area contributed by atoms with E-state index in [0.29, 0.717) is 12.8 Å². The van der Waals surface area contributed by atoms with Crippen molar-refractivity contribution in [1.29, 1.82) is 0 Å². The number of carbonyl (C=O) groups excluding carboxylic acids is 2. The highest BCUT2D eigenvalue weighted by Crippen LogP contribution is 2.47. The standard InChI is InChI=1S/C15H15NO2/c1-16-13(17)12-9-5-6-10-15(12,14(16)18)11-7-3-2-4-8-11/h2-8,12H,9-10H2,1H3. The number of likely N-dealkylation sites (tertiary alicyclic amines) is 1. The molecule has 0 radical (unpaired) electrons. The van der Waals surface area contributed by atoms with Crippen molar-refractivity contribution in [3.63, 3.8) is 0 Å². The van der Waals surface area contributed by atoms with Crippen LogP contribution in [-0.2, 0) is 15.0 Å². The van der Waals surface area contributed by atoms with Gasteiger partial charge in [-0.1, -0.05) is 42.5 Å². The number of fused-ring (bicyclic) bond motifs is 1. The zero-order valence-electron chi connectivity index (χ0n) is 10.3. The molecule has 0 bridgehead atoms. The molecule has 1 saturated heterocycles. The van der Waals surface area contributed by atoms with Crippen molar-refractivity contribution >= 4 is 11.8 Å². The van der Waals surface area contributed by atoms with Crippen molar-refractivity contribution in [2.75, 3.05) is 7.05 Å². The lowest BCUT2D eigenvalue weighted by Crippen LogP contribution is -2.40. The quantitative estimate of drug-likeness (QED) is 0.556. The van der Waals surface area contributed by atoms with Gasteiger partial charge < -0.3 is 0 Å². The van der Waals surface area contributed by atoms with E-state index in [1.165, 1.54) is 4.90 Å². The van der Waals surface area contributed by atoms with Gasteiger partial charge in [-0.3, -0.25) is 14.5 Å². The van der Waals surface area contributed by atoms with Crippen molar-refractivity contribution in [2.24, 2.45) is 5.92 Å². The van der Waals surface area contributed by atoms with Crippen LogP contribution in [0.2, 0.25) is 0 Å². The molecule has 0 N–H and O–H groups in total. The van der Waals surface area contributed by atoms with Crippen LogP contribution in [0.25, 0.3) is 0 Å². The van der Waals surface area contributed by atoms with E-state index in [9.17, 15) is 9.59 Å². The van der Waals surface area contributed by atoms with E-state index in [-0.39, 0.29) is 17.7 Å². The molecule has 1 fully saturated rings. The first kappa shape index (κ1) is 11.2. The van der Waals surface area contributed by atoms with E-state index in [4.69, 9.17) is 0 Å². The number of nitrogens with zero attached hydrogens (tertiary/aromatic N) is 1. The van der Waals surface area contributed by atoms with E-state index in [1.807, 2.05) is 42.5 Å². The number of allylic oxidation sites excluding steroid dienone is 2. The lowest BCUT2D eigenvalue weighted by molar-refractivity contribution is -0.138. The van der Waals surface area contributed by atoms with Crippen LogP contribution < -0.4 is 0 Å². The Morgan fingerprint density at radius 1 is 1.17 bits per heavy atom. The fraction of sp³-hybridized carbons (Fsp3) is 0.333. The first-order valence-electron chi connectivity index (χ1n) is 6.20. The summed E-state index contributed by atoms with van der Waals surface area (Å²) in [6.07, 6.45) is 5.31. The van der Waals surface area contributed by atoms with Gasteiger partial charge in [0.15, 0.2) is 0 Å². The van der Waals surface area contributed by atoms with Crippen LogP contribution in [0.15, 0.2) is 42.5 Å². The molecule has 3 nitrogen and oxygen atoms in total. The minimum atomic E-state index is -0.665. The summed E-state index contributed by atoms with van der Waals surface area (Å²) in [5.41, 5.74) is 0.295. The van der Waals surface area contributed by atoms with Gasteiger partial charge in [0.05, 0.1) is 11.3 Å². The zero-order chi connectivity index (χ0) is 12.8. The summed E-state index contributed by atoms with van der Waals surface area (Å²) < 4.78 is 0. The fourth-order valence-electron chi connectivity index (χ4n) is 3.20. The molecule has 3 heteroatoms. The summed E-state index contributed by atoms with van der Waals surface area (Å²) in [5.74, 6) is -0.344. The van der Waals surface area contributed by atoms with Crippen LogP contribution in [0.3, 0.4) is 0 Å². The molecule has 1 aromatic carbocycles. The third-order valence-electron chi connectivity index (χ3n) is 4.18. The maximum absolute atomic E-state index is 12.5. The van der Waals surface area contributed by atoms with E-state index < -0.39 is 5.41 Å². The maximum atomic E-state index is 12.5. The zero-order valence-corrected chi connectivity index (χ0v) is 10.3. The molecule has 92 valence electrons. The molecule has 1 aliphatic heterocycles. The van der Waals surface area contributed by atoms with Gasteiger partial charge in [-0.2, -0.15) is 0 Å². The smallest absolute Gasteiger partial charge is 0.240 e. The van der Waals surface area contributed by atoms with Gasteiger partial charge in [0.1, 0.15) is 0 Å². The molecule has 2 amide bonds. The van der Waals surface area contributed by atoms with Gasteiger partial charge in [0, 0.05) is 7.05 Å². The molecule has 3 rings (SSSR count). The predicted molar refractivity (Wildman–Crippen MR) is 67.8 cm³/mol.